The van der Waals surface area contributed by atoms with Crippen LogP contribution in [0.4, 0.5) is 17.1 Å². The third-order valence-corrected chi connectivity index (χ3v) is 5.90. The molecule has 0 saturated carbocycles. The van der Waals surface area contributed by atoms with E-state index in [4.69, 9.17) is 0 Å². The number of unbranched alkanes of at least 4 members (excludes halogenated alkanes) is 4. The van der Waals surface area contributed by atoms with E-state index in [0.717, 1.165) is 0 Å². The summed E-state index contributed by atoms with van der Waals surface area (Å²) in [6.07, 6.45) is 7.77. The number of rotatable bonds is 9. The standard InChI is InChI=1S/C22H30N2S/c1-3-5-9-15-24(16-10-6-4-2)18-13-14-20-22(17-18)25-21-12-8-7-11-19(21)23-20/h7-8,11-14,17,23H,3-6,9-10,15-16H2,1-2H3. The highest BCUT2D eigenvalue weighted by Gasteiger charge is 2.17. The van der Waals surface area contributed by atoms with Gasteiger partial charge >= 0.3 is 0 Å². The highest BCUT2D eigenvalue weighted by atomic mass is 32.2. The topological polar surface area (TPSA) is 15.3 Å². The predicted molar refractivity (Wildman–Crippen MR) is 112 cm³/mol. The maximum atomic E-state index is 3.57. The third-order valence-electron chi connectivity index (χ3n) is 4.77. The second-order valence-corrected chi connectivity index (χ2v) is 7.89. The van der Waals surface area contributed by atoms with Crippen LogP contribution in [0.15, 0.2) is 52.3 Å². The smallest absolute Gasteiger partial charge is 0.0527 e. The van der Waals surface area contributed by atoms with Crippen molar-refractivity contribution in [1.82, 2.24) is 0 Å². The van der Waals surface area contributed by atoms with Gasteiger partial charge in [-0.25, -0.2) is 0 Å². The molecule has 2 aromatic rings. The number of para-hydroxylation sites is 1. The van der Waals surface area contributed by atoms with Gasteiger partial charge in [-0.2, -0.15) is 0 Å². The van der Waals surface area contributed by atoms with E-state index in [2.05, 4.69) is 66.5 Å². The molecule has 1 aliphatic rings. The first-order chi connectivity index (χ1) is 12.3. The van der Waals surface area contributed by atoms with E-state index in [1.54, 1.807) is 0 Å². The minimum absolute atomic E-state index is 1.17. The summed E-state index contributed by atoms with van der Waals surface area (Å²) in [6.45, 7) is 6.90. The Morgan fingerprint density at radius 1 is 0.800 bits per heavy atom. The third kappa shape index (κ3) is 4.72. The van der Waals surface area contributed by atoms with Gasteiger partial charge < -0.3 is 10.2 Å². The number of hydrogen-bond acceptors (Lipinski definition) is 3. The first kappa shape index (κ1) is 18.2. The molecule has 1 N–H and O–H groups in total. The summed E-state index contributed by atoms with van der Waals surface area (Å²) in [4.78, 5) is 5.25. The quantitative estimate of drug-likeness (QED) is 0.413. The summed E-state index contributed by atoms with van der Waals surface area (Å²) in [5, 5.41) is 3.57. The summed E-state index contributed by atoms with van der Waals surface area (Å²) in [5.41, 5.74) is 3.82. The zero-order valence-corrected chi connectivity index (χ0v) is 16.4. The molecule has 0 bridgehead atoms. The van der Waals surface area contributed by atoms with Crippen molar-refractivity contribution in [2.75, 3.05) is 23.3 Å². The molecular weight excluding hydrogens is 324 g/mol. The van der Waals surface area contributed by atoms with Crippen LogP contribution in [-0.2, 0) is 0 Å². The van der Waals surface area contributed by atoms with Crippen molar-refractivity contribution in [3.8, 4) is 0 Å². The molecule has 0 saturated heterocycles. The molecule has 134 valence electrons. The van der Waals surface area contributed by atoms with Crippen LogP contribution in [0.25, 0.3) is 0 Å². The number of anilines is 3. The van der Waals surface area contributed by atoms with Crippen LogP contribution < -0.4 is 10.2 Å². The van der Waals surface area contributed by atoms with Gasteiger partial charge in [0.25, 0.3) is 0 Å². The lowest BCUT2D eigenvalue weighted by Crippen LogP contribution is -2.25. The van der Waals surface area contributed by atoms with Gasteiger partial charge in [-0.1, -0.05) is 63.4 Å². The largest absolute Gasteiger partial charge is 0.372 e. The molecule has 1 heterocycles. The van der Waals surface area contributed by atoms with E-state index in [1.807, 2.05) is 11.8 Å². The zero-order chi connectivity index (χ0) is 17.5. The normalized spacial score (nSPS) is 12.2. The van der Waals surface area contributed by atoms with Crippen LogP contribution in [-0.4, -0.2) is 13.1 Å². The highest BCUT2D eigenvalue weighted by Crippen LogP contribution is 2.45. The zero-order valence-electron chi connectivity index (χ0n) is 15.6. The lowest BCUT2D eigenvalue weighted by atomic mass is 10.1. The average molecular weight is 355 g/mol. The second-order valence-electron chi connectivity index (χ2n) is 6.80. The van der Waals surface area contributed by atoms with Crippen molar-refractivity contribution in [3.05, 3.63) is 42.5 Å². The molecule has 0 spiro atoms. The Hall–Kier alpha value is -1.61. The maximum Gasteiger partial charge on any atom is 0.0527 e. The van der Waals surface area contributed by atoms with Crippen molar-refractivity contribution >= 4 is 28.8 Å². The van der Waals surface area contributed by atoms with Crippen molar-refractivity contribution in [3.63, 3.8) is 0 Å². The van der Waals surface area contributed by atoms with Gasteiger partial charge in [-0.3, -0.25) is 0 Å². The van der Waals surface area contributed by atoms with Crippen LogP contribution in [0.5, 0.6) is 0 Å². The second kappa shape index (κ2) is 9.19. The Bertz CT molecular complexity index is 673. The van der Waals surface area contributed by atoms with Gasteiger partial charge in [-0.05, 0) is 43.2 Å². The Labute approximate surface area is 157 Å². The molecule has 2 aromatic carbocycles. The number of nitrogens with one attached hydrogen (secondary N) is 1. The molecule has 0 radical (unpaired) electrons. The lowest BCUT2D eigenvalue weighted by Gasteiger charge is -2.27. The molecule has 3 heteroatoms. The predicted octanol–water partition coefficient (Wildman–Crippen LogP) is 7.08. The number of nitrogens with zero attached hydrogens (tertiary/aromatic N) is 1. The first-order valence-corrected chi connectivity index (χ1v) is 10.6. The van der Waals surface area contributed by atoms with Gasteiger partial charge in [0.2, 0.25) is 0 Å². The van der Waals surface area contributed by atoms with Gasteiger partial charge in [0.05, 0.1) is 11.4 Å². The first-order valence-electron chi connectivity index (χ1n) is 9.74. The monoisotopic (exact) mass is 354 g/mol. The fourth-order valence-corrected chi connectivity index (χ4v) is 4.31. The summed E-state index contributed by atoms with van der Waals surface area (Å²) in [6, 6.07) is 15.5. The minimum Gasteiger partial charge on any atom is -0.372 e. The Morgan fingerprint density at radius 3 is 2.20 bits per heavy atom. The van der Waals surface area contributed by atoms with Gasteiger partial charge in [0.1, 0.15) is 0 Å². The lowest BCUT2D eigenvalue weighted by molar-refractivity contribution is 0.636. The van der Waals surface area contributed by atoms with E-state index >= 15 is 0 Å². The highest BCUT2D eigenvalue weighted by molar-refractivity contribution is 7.99. The van der Waals surface area contributed by atoms with Gasteiger partial charge in [0, 0.05) is 28.6 Å². The van der Waals surface area contributed by atoms with E-state index in [-0.39, 0.29) is 0 Å². The molecule has 0 aliphatic carbocycles. The van der Waals surface area contributed by atoms with E-state index in [9.17, 15) is 0 Å². The molecule has 2 nitrogen and oxygen atoms in total. The molecule has 0 fully saturated rings. The minimum atomic E-state index is 1.17. The summed E-state index contributed by atoms with van der Waals surface area (Å²) >= 11 is 1.88. The molecule has 25 heavy (non-hydrogen) atoms. The fourth-order valence-electron chi connectivity index (χ4n) is 3.29. The van der Waals surface area contributed by atoms with Crippen LogP contribution in [0.1, 0.15) is 52.4 Å². The number of fused-ring (bicyclic) bond motifs is 2. The van der Waals surface area contributed by atoms with E-state index in [1.165, 1.54) is 78.5 Å². The average Bonchev–Trinajstić information content (AvgIpc) is 2.65. The molecule has 1 aliphatic heterocycles. The molecule has 0 atom stereocenters. The Morgan fingerprint density at radius 2 is 1.48 bits per heavy atom. The van der Waals surface area contributed by atoms with Crippen LogP contribution >= 0.6 is 11.8 Å². The van der Waals surface area contributed by atoms with Crippen LogP contribution in [0.2, 0.25) is 0 Å². The summed E-state index contributed by atoms with van der Waals surface area (Å²) in [5.74, 6) is 0. The molecule has 0 unspecified atom stereocenters. The molecule has 0 aromatic heterocycles. The van der Waals surface area contributed by atoms with Crippen molar-refractivity contribution in [2.45, 2.75) is 62.2 Å². The summed E-state index contributed by atoms with van der Waals surface area (Å²) < 4.78 is 0. The van der Waals surface area contributed by atoms with E-state index in [0.29, 0.717) is 0 Å². The van der Waals surface area contributed by atoms with Crippen molar-refractivity contribution in [2.24, 2.45) is 0 Å². The maximum absolute atomic E-state index is 3.57. The number of hydrogen-bond donors (Lipinski definition) is 1. The SMILES string of the molecule is CCCCCN(CCCCC)c1ccc2c(c1)Sc1ccccc1N2. The van der Waals surface area contributed by atoms with Crippen molar-refractivity contribution < 1.29 is 0 Å². The molecule has 3 rings (SSSR count). The molecular formula is C22H30N2S. The van der Waals surface area contributed by atoms with Gasteiger partial charge in [0.15, 0.2) is 0 Å². The molecule has 0 amide bonds. The number of benzene rings is 2. The van der Waals surface area contributed by atoms with Crippen LogP contribution in [0, 0.1) is 0 Å². The Balaban J connectivity index is 1.75. The Kier molecular flexibility index (Phi) is 6.69. The van der Waals surface area contributed by atoms with Crippen molar-refractivity contribution in [1.29, 1.82) is 0 Å². The van der Waals surface area contributed by atoms with Crippen LogP contribution in [0.3, 0.4) is 0 Å². The fraction of sp³-hybridized carbons (Fsp3) is 0.455. The summed E-state index contributed by atoms with van der Waals surface area (Å²) in [7, 11) is 0. The van der Waals surface area contributed by atoms with E-state index < -0.39 is 0 Å². The van der Waals surface area contributed by atoms with Gasteiger partial charge in [-0.15, -0.1) is 0 Å².